The molecule has 0 aliphatic rings. The van der Waals surface area contributed by atoms with Gasteiger partial charge in [0.2, 0.25) is 0 Å². The molecule has 15 heavy (non-hydrogen) atoms. The van der Waals surface area contributed by atoms with Crippen molar-refractivity contribution in [3.63, 3.8) is 0 Å². The van der Waals surface area contributed by atoms with Gasteiger partial charge in [-0.05, 0) is 12.1 Å². The van der Waals surface area contributed by atoms with E-state index in [2.05, 4.69) is 0 Å². The van der Waals surface area contributed by atoms with E-state index < -0.39 is 35.6 Å². The molecular weight excluding hydrogens is 228 g/mol. The van der Waals surface area contributed by atoms with Crippen molar-refractivity contribution in [1.29, 1.82) is 0 Å². The molecule has 3 N–H and O–H groups in total. The fraction of sp³-hybridized carbons (Fsp3) is 0.222. The lowest BCUT2D eigenvalue weighted by atomic mass is 10.1. The lowest BCUT2D eigenvalue weighted by molar-refractivity contribution is -0.138. The zero-order chi connectivity index (χ0) is 11.6. The van der Waals surface area contributed by atoms with Gasteiger partial charge in [0, 0.05) is 12.0 Å². The Bertz CT molecular complexity index is 398. The predicted molar refractivity (Wildman–Crippen MR) is 50.7 cm³/mol. The molecule has 3 nitrogen and oxygen atoms in total. The van der Waals surface area contributed by atoms with Crippen LogP contribution in [0.4, 0.5) is 8.78 Å². The molecule has 6 heteroatoms. The number of hydrogen-bond donors (Lipinski definition) is 2. The van der Waals surface area contributed by atoms with E-state index in [4.69, 9.17) is 22.4 Å². The van der Waals surface area contributed by atoms with Crippen molar-refractivity contribution >= 4 is 17.6 Å². The third-order valence-corrected chi connectivity index (χ3v) is 2.17. The maximum absolute atomic E-state index is 13.3. The summed E-state index contributed by atoms with van der Waals surface area (Å²) >= 11 is 5.42. The first-order valence-corrected chi connectivity index (χ1v) is 4.42. The van der Waals surface area contributed by atoms with E-state index in [0.29, 0.717) is 0 Å². The highest BCUT2D eigenvalue weighted by atomic mass is 35.5. The number of rotatable bonds is 3. The Labute approximate surface area is 89.5 Å². The van der Waals surface area contributed by atoms with E-state index in [-0.39, 0.29) is 5.02 Å². The zero-order valence-corrected chi connectivity index (χ0v) is 8.26. The topological polar surface area (TPSA) is 63.3 Å². The first-order valence-electron chi connectivity index (χ1n) is 4.04. The lowest BCUT2D eigenvalue weighted by Crippen LogP contribution is -2.33. The average molecular weight is 236 g/mol. The van der Waals surface area contributed by atoms with Gasteiger partial charge >= 0.3 is 5.97 Å². The van der Waals surface area contributed by atoms with Gasteiger partial charge in [-0.3, -0.25) is 4.79 Å². The second-order valence-electron chi connectivity index (χ2n) is 2.97. The minimum Gasteiger partial charge on any atom is -0.480 e. The first-order chi connectivity index (χ1) is 6.93. The molecule has 0 saturated heterocycles. The van der Waals surface area contributed by atoms with Crippen molar-refractivity contribution in [3.8, 4) is 0 Å². The van der Waals surface area contributed by atoms with E-state index in [1.54, 1.807) is 0 Å². The highest BCUT2D eigenvalue weighted by Gasteiger charge is 2.19. The highest BCUT2D eigenvalue weighted by Crippen LogP contribution is 2.21. The third-order valence-electron chi connectivity index (χ3n) is 1.88. The minimum atomic E-state index is -1.35. The van der Waals surface area contributed by atoms with Crippen molar-refractivity contribution in [1.82, 2.24) is 0 Å². The third kappa shape index (κ3) is 2.64. The van der Waals surface area contributed by atoms with Crippen molar-refractivity contribution in [2.45, 2.75) is 12.5 Å². The van der Waals surface area contributed by atoms with E-state index in [9.17, 15) is 13.6 Å². The van der Waals surface area contributed by atoms with Crippen LogP contribution in [0.3, 0.4) is 0 Å². The molecule has 0 aliphatic carbocycles. The molecule has 0 bridgehead atoms. The van der Waals surface area contributed by atoms with Crippen LogP contribution in [0.1, 0.15) is 5.56 Å². The standard InChI is InChI=1S/C9H8ClF2NO2/c10-5-1-2-6(11)4(8(5)12)3-7(13)9(14)15/h1-2,7H,3,13H2,(H,14,15). The SMILES string of the molecule is NC(Cc1c(F)ccc(Cl)c1F)C(=O)O. The molecule has 0 aromatic heterocycles. The number of carbonyl (C=O) groups is 1. The van der Waals surface area contributed by atoms with Crippen LogP contribution in [0.25, 0.3) is 0 Å². The molecule has 0 aliphatic heterocycles. The normalized spacial score (nSPS) is 12.5. The summed E-state index contributed by atoms with van der Waals surface area (Å²) in [5.41, 5.74) is 4.76. The number of carboxylic acids is 1. The summed E-state index contributed by atoms with van der Waals surface area (Å²) in [5, 5.41) is 8.23. The largest absolute Gasteiger partial charge is 0.480 e. The number of hydrogen-bond acceptors (Lipinski definition) is 2. The Hall–Kier alpha value is -1.20. The highest BCUT2D eigenvalue weighted by molar-refractivity contribution is 6.30. The van der Waals surface area contributed by atoms with E-state index in [1.807, 2.05) is 0 Å². The predicted octanol–water partition coefficient (Wildman–Crippen LogP) is 1.57. The molecule has 1 rings (SSSR count). The van der Waals surface area contributed by atoms with Gasteiger partial charge in [0.1, 0.15) is 17.7 Å². The number of benzene rings is 1. The first kappa shape index (κ1) is 11.9. The molecule has 0 spiro atoms. The van der Waals surface area contributed by atoms with Gasteiger partial charge in [-0.25, -0.2) is 8.78 Å². The van der Waals surface area contributed by atoms with Gasteiger partial charge in [0.05, 0.1) is 5.02 Å². The summed E-state index contributed by atoms with van der Waals surface area (Å²) in [4.78, 5) is 10.4. The van der Waals surface area contributed by atoms with Gasteiger partial charge in [-0.15, -0.1) is 0 Å². The molecule has 1 atom stereocenters. The Kier molecular flexibility index (Phi) is 3.60. The van der Waals surface area contributed by atoms with Crippen LogP contribution in [-0.2, 0) is 11.2 Å². The number of nitrogens with two attached hydrogens (primary N) is 1. The molecule has 1 unspecified atom stereocenters. The summed E-state index contributed by atoms with van der Waals surface area (Å²) in [7, 11) is 0. The number of halogens is 3. The Balaban J connectivity index is 3.03. The van der Waals surface area contributed by atoms with E-state index in [0.717, 1.165) is 12.1 Å². The van der Waals surface area contributed by atoms with E-state index in [1.165, 1.54) is 0 Å². The maximum Gasteiger partial charge on any atom is 0.320 e. The van der Waals surface area contributed by atoms with Crippen molar-refractivity contribution in [2.75, 3.05) is 0 Å². The van der Waals surface area contributed by atoms with Gasteiger partial charge in [-0.2, -0.15) is 0 Å². The summed E-state index contributed by atoms with van der Waals surface area (Å²) in [6.07, 6.45) is -0.437. The number of carboxylic acid groups (broad SMARTS) is 1. The minimum absolute atomic E-state index is 0.260. The molecule has 1 aromatic rings. The molecule has 1 aromatic carbocycles. The molecule has 0 heterocycles. The van der Waals surface area contributed by atoms with Crippen LogP contribution in [-0.4, -0.2) is 17.1 Å². The summed E-state index contributed by atoms with van der Waals surface area (Å²) in [5.74, 6) is -3.14. The van der Waals surface area contributed by atoms with Crippen LogP contribution >= 0.6 is 11.6 Å². The molecule has 0 amide bonds. The van der Waals surface area contributed by atoms with Crippen LogP contribution in [0.2, 0.25) is 5.02 Å². The Morgan fingerprint density at radius 2 is 2.13 bits per heavy atom. The van der Waals surface area contributed by atoms with Crippen molar-refractivity contribution in [3.05, 3.63) is 34.4 Å². The molecule has 0 fully saturated rings. The molecule has 0 radical (unpaired) electrons. The smallest absolute Gasteiger partial charge is 0.320 e. The fourth-order valence-electron chi connectivity index (χ4n) is 1.06. The number of aliphatic carboxylic acids is 1. The molecular formula is C9H8ClF2NO2. The zero-order valence-electron chi connectivity index (χ0n) is 7.51. The van der Waals surface area contributed by atoms with Crippen molar-refractivity contribution in [2.24, 2.45) is 5.73 Å². The summed E-state index contributed by atoms with van der Waals surface area (Å²) in [6.45, 7) is 0. The lowest BCUT2D eigenvalue weighted by Gasteiger charge is -2.09. The Morgan fingerprint density at radius 1 is 1.53 bits per heavy atom. The van der Waals surface area contributed by atoms with E-state index >= 15 is 0 Å². The second kappa shape index (κ2) is 4.55. The monoisotopic (exact) mass is 235 g/mol. The van der Waals surface area contributed by atoms with Gasteiger partial charge in [-0.1, -0.05) is 11.6 Å². The summed E-state index contributed by atoms with van der Waals surface area (Å²) < 4.78 is 26.4. The quantitative estimate of drug-likeness (QED) is 0.782. The summed E-state index contributed by atoms with van der Waals surface area (Å²) in [6, 6.07) is 0.671. The maximum atomic E-state index is 13.3. The van der Waals surface area contributed by atoms with Gasteiger partial charge < -0.3 is 10.8 Å². The second-order valence-corrected chi connectivity index (χ2v) is 3.38. The fourth-order valence-corrected chi connectivity index (χ4v) is 1.24. The van der Waals surface area contributed by atoms with Crippen LogP contribution in [0, 0.1) is 11.6 Å². The van der Waals surface area contributed by atoms with Crippen LogP contribution in [0.15, 0.2) is 12.1 Å². The average Bonchev–Trinajstić information content (AvgIpc) is 2.18. The molecule has 82 valence electrons. The van der Waals surface area contributed by atoms with Gasteiger partial charge in [0.15, 0.2) is 0 Å². The van der Waals surface area contributed by atoms with Crippen LogP contribution in [0.5, 0.6) is 0 Å². The Morgan fingerprint density at radius 3 is 2.67 bits per heavy atom. The molecule has 0 saturated carbocycles. The van der Waals surface area contributed by atoms with Crippen molar-refractivity contribution < 1.29 is 18.7 Å². The van der Waals surface area contributed by atoms with Crippen LogP contribution < -0.4 is 5.73 Å². The van der Waals surface area contributed by atoms with Gasteiger partial charge in [0.25, 0.3) is 0 Å².